The first-order valence-corrected chi connectivity index (χ1v) is 10.0. The lowest BCUT2D eigenvalue weighted by atomic mass is 10.1. The van der Waals surface area contributed by atoms with Crippen molar-refractivity contribution in [1.29, 1.82) is 0 Å². The number of hydrogen-bond donors (Lipinski definition) is 0. The molecular formula is C21H21N3O4S. The molecule has 1 aromatic heterocycles. The van der Waals surface area contributed by atoms with Gasteiger partial charge in [-0.25, -0.2) is 9.69 Å². The summed E-state index contributed by atoms with van der Waals surface area (Å²) in [5, 5.41) is 1.93. The maximum Gasteiger partial charge on any atom is 0.335 e. The van der Waals surface area contributed by atoms with Crippen molar-refractivity contribution in [3.8, 4) is 0 Å². The molecule has 0 bridgehead atoms. The summed E-state index contributed by atoms with van der Waals surface area (Å²) in [5.41, 5.74) is 1.08. The van der Waals surface area contributed by atoms with Gasteiger partial charge in [-0.3, -0.25) is 19.3 Å². The second-order valence-corrected chi connectivity index (χ2v) is 7.54. The van der Waals surface area contributed by atoms with Crippen LogP contribution in [0.3, 0.4) is 0 Å². The summed E-state index contributed by atoms with van der Waals surface area (Å²) < 4.78 is 0. The predicted octanol–water partition coefficient (Wildman–Crippen LogP) is 2.30. The largest absolute Gasteiger partial charge is 0.336 e. The number of rotatable bonds is 9. The van der Waals surface area contributed by atoms with E-state index >= 15 is 0 Å². The summed E-state index contributed by atoms with van der Waals surface area (Å²) in [6, 6.07) is 12.8. The van der Waals surface area contributed by atoms with Gasteiger partial charge in [0.25, 0.3) is 0 Å². The van der Waals surface area contributed by atoms with E-state index in [0.29, 0.717) is 24.4 Å². The molecule has 0 saturated carbocycles. The zero-order valence-corrected chi connectivity index (χ0v) is 16.6. The summed E-state index contributed by atoms with van der Waals surface area (Å²) >= 11 is 1.53. The Morgan fingerprint density at radius 3 is 2.41 bits per heavy atom. The summed E-state index contributed by atoms with van der Waals surface area (Å²) in [5.74, 6) is -2.30. The van der Waals surface area contributed by atoms with Gasteiger partial charge in [-0.1, -0.05) is 42.5 Å². The fraction of sp³-hybridized carbons (Fsp3) is 0.238. The van der Waals surface area contributed by atoms with Gasteiger partial charge in [0, 0.05) is 18.0 Å². The molecule has 0 N–H and O–H groups in total. The third kappa shape index (κ3) is 4.78. The molecule has 1 aliphatic heterocycles. The molecule has 8 heteroatoms. The Kier molecular flexibility index (Phi) is 6.56. The van der Waals surface area contributed by atoms with Crippen LogP contribution in [0, 0.1) is 0 Å². The molecule has 0 spiro atoms. The molecule has 2 aromatic rings. The van der Waals surface area contributed by atoms with Crippen molar-refractivity contribution in [2.45, 2.75) is 13.0 Å². The average Bonchev–Trinajstić information content (AvgIpc) is 3.31. The van der Waals surface area contributed by atoms with Gasteiger partial charge in [0.1, 0.15) is 6.54 Å². The van der Waals surface area contributed by atoms with Crippen LogP contribution in [0.2, 0.25) is 0 Å². The van der Waals surface area contributed by atoms with Gasteiger partial charge in [-0.05, 0) is 23.4 Å². The van der Waals surface area contributed by atoms with E-state index in [1.165, 1.54) is 17.4 Å². The molecular weight excluding hydrogens is 390 g/mol. The Morgan fingerprint density at radius 1 is 1.03 bits per heavy atom. The standard InChI is InChI=1S/C21H21N3O4S/c1-2-11-23-19(26)20(27)24(21(23)28)15-18(25)22(14-17-9-6-13-29-17)12-10-16-7-4-3-5-8-16/h2-9,13H,1,10-12,14-15H2. The van der Waals surface area contributed by atoms with Crippen molar-refractivity contribution in [3.05, 3.63) is 70.9 Å². The number of imide groups is 2. The lowest BCUT2D eigenvalue weighted by molar-refractivity contribution is -0.144. The molecule has 7 nitrogen and oxygen atoms in total. The first-order chi connectivity index (χ1) is 14.0. The summed E-state index contributed by atoms with van der Waals surface area (Å²) in [4.78, 5) is 53.6. The van der Waals surface area contributed by atoms with Crippen LogP contribution in [0.25, 0.3) is 0 Å². The van der Waals surface area contributed by atoms with Crippen LogP contribution in [0.15, 0.2) is 60.5 Å². The fourth-order valence-electron chi connectivity index (χ4n) is 3.01. The highest BCUT2D eigenvalue weighted by atomic mass is 32.1. The molecule has 1 fully saturated rings. The molecule has 1 aromatic carbocycles. The van der Waals surface area contributed by atoms with Gasteiger partial charge in [0.05, 0.1) is 6.54 Å². The lowest BCUT2D eigenvalue weighted by Crippen LogP contribution is -2.43. The Balaban J connectivity index is 1.71. The number of nitrogens with zero attached hydrogens (tertiary/aromatic N) is 3. The monoisotopic (exact) mass is 411 g/mol. The average molecular weight is 411 g/mol. The van der Waals surface area contributed by atoms with Crippen molar-refractivity contribution in [3.63, 3.8) is 0 Å². The molecule has 150 valence electrons. The van der Waals surface area contributed by atoms with Crippen LogP contribution in [0.5, 0.6) is 0 Å². The number of thiophene rings is 1. The Morgan fingerprint density at radius 2 is 1.76 bits per heavy atom. The summed E-state index contributed by atoms with van der Waals surface area (Å²) in [7, 11) is 0. The van der Waals surface area contributed by atoms with Crippen molar-refractivity contribution in [2.75, 3.05) is 19.6 Å². The van der Waals surface area contributed by atoms with Crippen LogP contribution in [-0.4, -0.2) is 58.1 Å². The molecule has 5 amide bonds. The van der Waals surface area contributed by atoms with Gasteiger partial charge in [0.15, 0.2) is 0 Å². The molecule has 29 heavy (non-hydrogen) atoms. The minimum absolute atomic E-state index is 0.0684. The maximum absolute atomic E-state index is 12.9. The van der Waals surface area contributed by atoms with E-state index in [0.717, 1.165) is 15.3 Å². The highest BCUT2D eigenvalue weighted by molar-refractivity contribution is 7.09. The normalized spacial score (nSPS) is 13.9. The smallest absolute Gasteiger partial charge is 0.335 e. The lowest BCUT2D eigenvalue weighted by Gasteiger charge is -2.24. The number of hydrogen-bond acceptors (Lipinski definition) is 5. The van der Waals surface area contributed by atoms with Crippen LogP contribution >= 0.6 is 11.3 Å². The van der Waals surface area contributed by atoms with Gasteiger partial charge in [0.2, 0.25) is 5.91 Å². The Labute approximate surface area is 172 Å². The molecule has 0 aliphatic carbocycles. The third-order valence-electron chi connectivity index (χ3n) is 4.53. The van der Waals surface area contributed by atoms with E-state index in [9.17, 15) is 19.2 Å². The molecule has 0 atom stereocenters. The fourth-order valence-corrected chi connectivity index (χ4v) is 3.73. The first kappa shape index (κ1) is 20.5. The van der Waals surface area contributed by atoms with E-state index in [1.807, 2.05) is 47.8 Å². The molecule has 1 aliphatic rings. The highest BCUT2D eigenvalue weighted by Gasteiger charge is 2.44. The van der Waals surface area contributed by atoms with Crippen LogP contribution in [-0.2, 0) is 27.3 Å². The van der Waals surface area contributed by atoms with E-state index in [2.05, 4.69) is 6.58 Å². The minimum Gasteiger partial charge on any atom is -0.336 e. The Hall–Kier alpha value is -3.26. The molecule has 1 saturated heterocycles. The van der Waals surface area contributed by atoms with Crippen molar-refractivity contribution >= 4 is 35.1 Å². The molecule has 3 rings (SSSR count). The van der Waals surface area contributed by atoms with E-state index in [1.54, 1.807) is 4.90 Å². The van der Waals surface area contributed by atoms with Crippen LogP contribution in [0.4, 0.5) is 4.79 Å². The zero-order chi connectivity index (χ0) is 20.8. The number of carbonyl (C=O) groups is 4. The number of amides is 5. The number of urea groups is 1. The van der Waals surface area contributed by atoms with E-state index in [4.69, 9.17) is 0 Å². The topological polar surface area (TPSA) is 78.0 Å². The number of benzene rings is 1. The van der Waals surface area contributed by atoms with Crippen LogP contribution in [0.1, 0.15) is 10.4 Å². The molecule has 2 heterocycles. The minimum atomic E-state index is -0.982. The second-order valence-electron chi connectivity index (χ2n) is 6.51. The highest BCUT2D eigenvalue weighted by Crippen LogP contribution is 2.16. The van der Waals surface area contributed by atoms with E-state index < -0.39 is 24.4 Å². The van der Waals surface area contributed by atoms with Crippen LogP contribution < -0.4 is 0 Å². The molecule has 0 radical (unpaired) electrons. The zero-order valence-electron chi connectivity index (χ0n) is 15.8. The quantitative estimate of drug-likeness (QED) is 0.360. The summed E-state index contributed by atoms with van der Waals surface area (Å²) in [6.07, 6.45) is 2.00. The second kappa shape index (κ2) is 9.29. The van der Waals surface area contributed by atoms with Crippen molar-refractivity contribution < 1.29 is 19.2 Å². The van der Waals surface area contributed by atoms with Gasteiger partial charge < -0.3 is 4.90 Å². The first-order valence-electron chi connectivity index (χ1n) is 9.13. The third-order valence-corrected chi connectivity index (χ3v) is 5.39. The van der Waals surface area contributed by atoms with Crippen molar-refractivity contribution in [1.82, 2.24) is 14.7 Å². The van der Waals surface area contributed by atoms with E-state index in [-0.39, 0.29) is 12.5 Å². The predicted molar refractivity (Wildman–Crippen MR) is 109 cm³/mol. The maximum atomic E-state index is 12.9. The van der Waals surface area contributed by atoms with Gasteiger partial charge in [-0.15, -0.1) is 17.9 Å². The van der Waals surface area contributed by atoms with Gasteiger partial charge in [-0.2, -0.15) is 0 Å². The Bertz CT molecular complexity index is 911. The summed E-state index contributed by atoms with van der Waals surface area (Å²) in [6.45, 7) is 3.76. The van der Waals surface area contributed by atoms with Crippen molar-refractivity contribution in [2.24, 2.45) is 0 Å². The SMILES string of the molecule is C=CCN1C(=O)C(=O)N(CC(=O)N(CCc2ccccc2)Cc2cccs2)C1=O. The van der Waals surface area contributed by atoms with Gasteiger partial charge >= 0.3 is 17.8 Å². The number of carbonyl (C=O) groups excluding carboxylic acids is 4. The molecule has 0 unspecified atom stereocenters.